The summed E-state index contributed by atoms with van der Waals surface area (Å²) in [5.41, 5.74) is 2.97. The molecule has 3 rings (SSSR count). The van der Waals surface area contributed by atoms with Gasteiger partial charge in [0, 0.05) is 17.3 Å². The molecule has 0 aliphatic heterocycles. The highest BCUT2D eigenvalue weighted by molar-refractivity contribution is 6.04. The van der Waals surface area contributed by atoms with Crippen LogP contribution in [0, 0.1) is 6.92 Å². The Morgan fingerprint density at radius 2 is 1.64 bits per heavy atom. The van der Waals surface area contributed by atoms with Gasteiger partial charge in [0.15, 0.2) is 0 Å². The first kappa shape index (κ1) is 19.4. The Morgan fingerprint density at radius 1 is 1.00 bits per heavy atom. The third-order valence-corrected chi connectivity index (χ3v) is 4.16. The van der Waals surface area contributed by atoms with Crippen LogP contribution in [0.3, 0.4) is 0 Å². The summed E-state index contributed by atoms with van der Waals surface area (Å²) in [7, 11) is 0. The average molecular weight is 378 g/mol. The van der Waals surface area contributed by atoms with Gasteiger partial charge in [-0.3, -0.25) is 4.79 Å². The van der Waals surface area contributed by atoms with Gasteiger partial charge in [-0.25, -0.2) is 4.79 Å². The number of esters is 1. The number of hydrogen-bond donors (Lipinski definition) is 1. The number of aryl methyl sites for hydroxylation is 1. The van der Waals surface area contributed by atoms with E-state index in [1.165, 1.54) is 6.07 Å². The highest BCUT2D eigenvalue weighted by Gasteiger charge is 2.15. The molecule has 0 aliphatic carbocycles. The molecular formula is C22H22N2O4. The van der Waals surface area contributed by atoms with Crippen LogP contribution in [0.2, 0.25) is 0 Å². The molecule has 0 aliphatic rings. The molecule has 0 unspecified atom stereocenters. The van der Waals surface area contributed by atoms with E-state index in [2.05, 4.69) is 31.2 Å². The maximum absolute atomic E-state index is 12.4. The minimum Gasteiger partial charge on any atom is -0.421 e. The van der Waals surface area contributed by atoms with Gasteiger partial charge in [0.25, 0.3) is 5.91 Å². The van der Waals surface area contributed by atoms with Crippen molar-refractivity contribution in [2.24, 2.45) is 0 Å². The normalized spacial score (nSPS) is 11.1. The van der Waals surface area contributed by atoms with E-state index in [1.807, 2.05) is 24.3 Å². The number of anilines is 1. The largest absolute Gasteiger partial charge is 0.421 e. The lowest BCUT2D eigenvalue weighted by atomic mass is 9.87. The smallest absolute Gasteiger partial charge is 0.382 e. The molecule has 1 aromatic heterocycles. The number of aromatic nitrogens is 1. The van der Waals surface area contributed by atoms with Crippen LogP contribution in [0.1, 0.15) is 52.9 Å². The van der Waals surface area contributed by atoms with Gasteiger partial charge in [0.2, 0.25) is 5.76 Å². The van der Waals surface area contributed by atoms with Crippen molar-refractivity contribution in [3.63, 3.8) is 0 Å². The Labute approximate surface area is 163 Å². The molecule has 0 bridgehead atoms. The van der Waals surface area contributed by atoms with E-state index < -0.39 is 5.97 Å². The Bertz CT molecular complexity index is 981. The van der Waals surface area contributed by atoms with Crippen molar-refractivity contribution in [1.29, 1.82) is 0 Å². The van der Waals surface area contributed by atoms with Crippen LogP contribution in [0.15, 0.2) is 59.1 Å². The van der Waals surface area contributed by atoms with Crippen molar-refractivity contribution >= 4 is 17.6 Å². The molecule has 6 nitrogen and oxygen atoms in total. The summed E-state index contributed by atoms with van der Waals surface area (Å²) in [6, 6.07) is 15.6. The average Bonchev–Trinajstić information content (AvgIpc) is 3.09. The van der Waals surface area contributed by atoms with Crippen LogP contribution >= 0.6 is 0 Å². The fourth-order valence-corrected chi connectivity index (χ4v) is 2.55. The fraction of sp³-hybridized carbons (Fsp3) is 0.227. The monoisotopic (exact) mass is 378 g/mol. The fourth-order valence-electron chi connectivity index (χ4n) is 2.55. The van der Waals surface area contributed by atoms with Gasteiger partial charge in [-0.15, -0.1) is 0 Å². The van der Waals surface area contributed by atoms with Gasteiger partial charge in [-0.2, -0.15) is 0 Å². The van der Waals surface area contributed by atoms with Crippen molar-refractivity contribution in [2.75, 3.05) is 5.32 Å². The van der Waals surface area contributed by atoms with Crippen molar-refractivity contribution < 1.29 is 18.8 Å². The SMILES string of the molecule is Cc1cc(C(=O)Oc2ccc(NC(=O)c3ccc(C(C)(C)C)cc3)cc2)on1. The zero-order chi connectivity index (χ0) is 20.3. The topological polar surface area (TPSA) is 81.4 Å². The summed E-state index contributed by atoms with van der Waals surface area (Å²) in [6.45, 7) is 8.09. The number of benzene rings is 2. The van der Waals surface area contributed by atoms with Crippen molar-refractivity contribution in [3.8, 4) is 5.75 Å². The van der Waals surface area contributed by atoms with Gasteiger partial charge in [0.05, 0.1) is 5.69 Å². The highest BCUT2D eigenvalue weighted by Crippen LogP contribution is 2.23. The summed E-state index contributed by atoms with van der Waals surface area (Å²) < 4.78 is 10.1. The Hall–Kier alpha value is -3.41. The Kier molecular flexibility index (Phi) is 5.31. The molecule has 6 heteroatoms. The number of hydrogen-bond acceptors (Lipinski definition) is 5. The van der Waals surface area contributed by atoms with Crippen LogP contribution in [-0.4, -0.2) is 17.0 Å². The third-order valence-electron chi connectivity index (χ3n) is 4.16. The van der Waals surface area contributed by atoms with E-state index in [9.17, 15) is 9.59 Å². The lowest BCUT2D eigenvalue weighted by molar-refractivity contribution is 0.0691. The quantitative estimate of drug-likeness (QED) is 0.523. The second-order valence-corrected chi connectivity index (χ2v) is 7.53. The molecule has 0 spiro atoms. The van der Waals surface area contributed by atoms with E-state index in [0.717, 1.165) is 5.56 Å². The van der Waals surface area contributed by atoms with Crippen LogP contribution < -0.4 is 10.1 Å². The van der Waals surface area contributed by atoms with E-state index in [-0.39, 0.29) is 17.1 Å². The predicted molar refractivity (Wildman–Crippen MR) is 106 cm³/mol. The molecule has 0 atom stereocenters. The van der Waals surface area contributed by atoms with Crippen LogP contribution in [0.4, 0.5) is 5.69 Å². The second-order valence-electron chi connectivity index (χ2n) is 7.53. The van der Waals surface area contributed by atoms with E-state index in [0.29, 0.717) is 22.7 Å². The zero-order valence-electron chi connectivity index (χ0n) is 16.3. The van der Waals surface area contributed by atoms with Gasteiger partial charge in [0.1, 0.15) is 5.75 Å². The van der Waals surface area contributed by atoms with Crippen LogP contribution in [0.5, 0.6) is 5.75 Å². The first-order valence-electron chi connectivity index (χ1n) is 8.90. The second kappa shape index (κ2) is 7.68. The zero-order valence-corrected chi connectivity index (χ0v) is 16.3. The number of nitrogens with zero attached hydrogens (tertiary/aromatic N) is 1. The summed E-state index contributed by atoms with van der Waals surface area (Å²) in [5, 5.41) is 6.47. The van der Waals surface area contributed by atoms with Gasteiger partial charge in [-0.05, 0) is 54.3 Å². The van der Waals surface area contributed by atoms with Crippen LogP contribution in [0.25, 0.3) is 0 Å². The minimum absolute atomic E-state index is 0.0344. The summed E-state index contributed by atoms with van der Waals surface area (Å²) in [4.78, 5) is 24.4. The maximum atomic E-state index is 12.4. The van der Waals surface area contributed by atoms with E-state index >= 15 is 0 Å². The number of rotatable bonds is 4. The molecule has 1 amide bonds. The Morgan fingerprint density at radius 3 is 2.18 bits per heavy atom. The number of carbonyl (C=O) groups excluding carboxylic acids is 2. The molecular weight excluding hydrogens is 356 g/mol. The molecule has 1 N–H and O–H groups in total. The molecule has 0 saturated heterocycles. The van der Waals surface area contributed by atoms with Crippen molar-refractivity contribution in [3.05, 3.63) is 77.2 Å². The molecule has 2 aromatic carbocycles. The predicted octanol–water partition coefficient (Wildman–Crippen LogP) is 4.75. The first-order valence-corrected chi connectivity index (χ1v) is 8.90. The van der Waals surface area contributed by atoms with Crippen molar-refractivity contribution in [1.82, 2.24) is 5.16 Å². The standard InChI is InChI=1S/C22H22N2O4/c1-14-13-19(28-24-14)21(26)27-18-11-9-17(10-12-18)23-20(25)15-5-7-16(8-6-15)22(2,3)4/h5-13H,1-4H3,(H,23,25). The third kappa shape index (κ3) is 4.65. The molecule has 0 saturated carbocycles. The molecule has 0 fully saturated rings. The van der Waals surface area contributed by atoms with Gasteiger partial charge >= 0.3 is 5.97 Å². The lowest BCUT2D eigenvalue weighted by Gasteiger charge is -2.19. The lowest BCUT2D eigenvalue weighted by Crippen LogP contribution is -2.14. The molecule has 28 heavy (non-hydrogen) atoms. The molecule has 144 valence electrons. The highest BCUT2D eigenvalue weighted by atomic mass is 16.6. The summed E-state index contributed by atoms with van der Waals surface area (Å²) in [5.74, 6) is -0.459. The van der Waals surface area contributed by atoms with Gasteiger partial charge < -0.3 is 14.6 Å². The maximum Gasteiger partial charge on any atom is 0.382 e. The molecule has 3 aromatic rings. The van der Waals surface area contributed by atoms with E-state index in [4.69, 9.17) is 9.26 Å². The van der Waals surface area contributed by atoms with Gasteiger partial charge in [-0.1, -0.05) is 38.1 Å². The number of amides is 1. The Balaban J connectivity index is 1.62. The van der Waals surface area contributed by atoms with Crippen LogP contribution in [-0.2, 0) is 5.41 Å². The first-order chi connectivity index (χ1) is 13.2. The summed E-state index contributed by atoms with van der Waals surface area (Å²) >= 11 is 0. The summed E-state index contributed by atoms with van der Waals surface area (Å²) in [6.07, 6.45) is 0. The number of nitrogens with one attached hydrogen (secondary N) is 1. The number of ether oxygens (including phenoxy) is 1. The molecule has 0 radical (unpaired) electrons. The van der Waals surface area contributed by atoms with Crippen molar-refractivity contribution in [2.45, 2.75) is 33.1 Å². The van der Waals surface area contributed by atoms with E-state index in [1.54, 1.807) is 31.2 Å². The number of carbonyl (C=O) groups is 2. The molecule has 1 heterocycles. The minimum atomic E-state index is -0.628.